The second-order valence-electron chi connectivity index (χ2n) is 7.50. The van der Waals surface area contributed by atoms with Gasteiger partial charge in [-0.05, 0) is 28.7 Å². The maximum atomic E-state index is 12.5. The minimum atomic E-state index is -0.296. The molecular formula is C22H23ClN2O3. The average Bonchev–Trinajstić information content (AvgIpc) is 2.66. The molecule has 1 heterocycles. The quantitative estimate of drug-likeness (QED) is 0.673. The minimum absolute atomic E-state index is 0.0806. The largest absolute Gasteiger partial charge is 0.493 e. The number of rotatable bonds is 4. The zero-order valence-corrected chi connectivity index (χ0v) is 17.3. The van der Waals surface area contributed by atoms with Gasteiger partial charge in [-0.3, -0.25) is 4.79 Å². The second-order valence-corrected chi connectivity index (χ2v) is 7.91. The maximum absolute atomic E-state index is 12.5. The van der Waals surface area contributed by atoms with Gasteiger partial charge in [0, 0.05) is 6.07 Å². The van der Waals surface area contributed by atoms with Crippen LogP contribution in [-0.4, -0.2) is 24.2 Å². The molecule has 0 radical (unpaired) electrons. The van der Waals surface area contributed by atoms with Crippen molar-refractivity contribution >= 4 is 33.6 Å². The fourth-order valence-corrected chi connectivity index (χ4v) is 3.09. The molecule has 0 fully saturated rings. The molecule has 5 nitrogen and oxygen atoms in total. The van der Waals surface area contributed by atoms with Gasteiger partial charge >= 0.3 is 0 Å². The Bertz CT molecular complexity index is 1090. The van der Waals surface area contributed by atoms with E-state index in [9.17, 15) is 4.79 Å². The lowest BCUT2D eigenvalue weighted by atomic mass is 9.87. The lowest BCUT2D eigenvalue weighted by molar-refractivity contribution is 0.355. The number of aromatic nitrogens is 2. The number of benzene rings is 2. The molecule has 0 saturated carbocycles. The van der Waals surface area contributed by atoms with E-state index in [2.05, 4.69) is 42.9 Å². The molecule has 0 aliphatic heterocycles. The third-order valence-electron chi connectivity index (χ3n) is 4.51. The number of halogens is 1. The molecule has 6 heteroatoms. The number of hydrogen-bond donors (Lipinski definition) is 1. The Kier molecular flexibility index (Phi) is 5.47. The first-order valence-electron chi connectivity index (χ1n) is 8.87. The third-order valence-corrected chi connectivity index (χ3v) is 4.80. The van der Waals surface area contributed by atoms with Crippen molar-refractivity contribution < 1.29 is 9.47 Å². The van der Waals surface area contributed by atoms with E-state index in [0.717, 1.165) is 5.56 Å². The maximum Gasteiger partial charge on any atom is 0.259 e. The highest BCUT2D eigenvalue weighted by atomic mass is 35.5. The van der Waals surface area contributed by atoms with Crippen molar-refractivity contribution in [3.05, 3.63) is 63.7 Å². The number of fused-ring (bicyclic) bond motifs is 1. The summed E-state index contributed by atoms with van der Waals surface area (Å²) in [6, 6.07) is 11.4. The van der Waals surface area contributed by atoms with Crippen molar-refractivity contribution in [1.82, 2.24) is 9.97 Å². The van der Waals surface area contributed by atoms with Crippen LogP contribution in [0.1, 0.15) is 37.7 Å². The van der Waals surface area contributed by atoms with Gasteiger partial charge in [-0.25, -0.2) is 4.98 Å². The van der Waals surface area contributed by atoms with Gasteiger partial charge in [0.25, 0.3) is 5.56 Å². The summed E-state index contributed by atoms with van der Waals surface area (Å²) in [7, 11) is 3.05. The highest BCUT2D eigenvalue weighted by Gasteiger charge is 2.14. The average molecular weight is 399 g/mol. The van der Waals surface area contributed by atoms with Crippen molar-refractivity contribution in [2.24, 2.45) is 0 Å². The number of methoxy groups -OCH3 is 2. The van der Waals surface area contributed by atoms with Crippen molar-refractivity contribution in [2.75, 3.05) is 14.2 Å². The van der Waals surface area contributed by atoms with Gasteiger partial charge in [0.1, 0.15) is 0 Å². The van der Waals surface area contributed by atoms with Gasteiger partial charge in [-0.2, -0.15) is 0 Å². The Balaban J connectivity index is 2.02. The Labute approximate surface area is 169 Å². The Morgan fingerprint density at radius 1 is 1.07 bits per heavy atom. The molecule has 0 unspecified atom stereocenters. The summed E-state index contributed by atoms with van der Waals surface area (Å²) < 4.78 is 10.5. The molecule has 0 bridgehead atoms. The molecule has 0 aliphatic rings. The van der Waals surface area contributed by atoms with E-state index in [1.165, 1.54) is 19.8 Å². The monoisotopic (exact) mass is 398 g/mol. The first-order chi connectivity index (χ1) is 13.2. The summed E-state index contributed by atoms with van der Waals surface area (Å²) in [6.07, 6.45) is 1.78. The highest BCUT2D eigenvalue weighted by Crippen LogP contribution is 2.31. The normalized spacial score (nSPS) is 12.3. The fourth-order valence-electron chi connectivity index (χ4n) is 2.87. The summed E-state index contributed by atoms with van der Waals surface area (Å²) in [5, 5.41) is 0.748. The fraction of sp³-hybridized carbons (Fsp3) is 0.273. The highest BCUT2D eigenvalue weighted by molar-refractivity contribution is 6.50. The van der Waals surface area contributed by atoms with Crippen molar-refractivity contribution in [3.63, 3.8) is 0 Å². The van der Waals surface area contributed by atoms with Crippen LogP contribution in [0, 0.1) is 0 Å². The SMILES string of the molecule is COc1cc2nc(/C(Cl)=C/c3ccc(C(C)(C)C)cc3)[nH]c(=O)c2cc1OC. The number of H-pyrrole nitrogens is 1. The Morgan fingerprint density at radius 3 is 2.25 bits per heavy atom. The van der Waals surface area contributed by atoms with Gasteiger partial charge in [0.05, 0.1) is 30.2 Å². The molecule has 0 saturated heterocycles. The molecule has 1 N–H and O–H groups in total. The predicted molar refractivity (Wildman–Crippen MR) is 114 cm³/mol. The number of nitrogens with zero attached hydrogens (tertiary/aromatic N) is 1. The van der Waals surface area contributed by atoms with Crippen LogP contribution in [0.3, 0.4) is 0 Å². The van der Waals surface area contributed by atoms with E-state index in [1.54, 1.807) is 18.2 Å². The van der Waals surface area contributed by atoms with E-state index in [4.69, 9.17) is 21.1 Å². The van der Waals surface area contributed by atoms with Crippen molar-refractivity contribution in [3.8, 4) is 11.5 Å². The zero-order chi connectivity index (χ0) is 20.5. The van der Waals surface area contributed by atoms with E-state index in [-0.39, 0.29) is 11.0 Å². The van der Waals surface area contributed by atoms with E-state index >= 15 is 0 Å². The summed E-state index contributed by atoms with van der Waals surface area (Å²) in [5.41, 5.74) is 2.42. The smallest absolute Gasteiger partial charge is 0.259 e. The first-order valence-corrected chi connectivity index (χ1v) is 9.25. The van der Waals surface area contributed by atoms with E-state index < -0.39 is 0 Å². The van der Waals surface area contributed by atoms with Crippen LogP contribution in [0.15, 0.2) is 41.2 Å². The number of hydrogen-bond acceptors (Lipinski definition) is 4. The molecule has 0 atom stereocenters. The predicted octanol–water partition coefficient (Wildman–Crippen LogP) is 4.97. The summed E-state index contributed by atoms with van der Waals surface area (Å²) in [6.45, 7) is 6.49. The molecule has 28 heavy (non-hydrogen) atoms. The van der Waals surface area contributed by atoms with Crippen molar-refractivity contribution in [1.29, 1.82) is 0 Å². The number of ether oxygens (including phenoxy) is 2. The molecule has 0 aliphatic carbocycles. The second kappa shape index (κ2) is 7.68. The van der Waals surface area contributed by atoms with Gasteiger partial charge in [-0.1, -0.05) is 56.6 Å². The van der Waals surface area contributed by atoms with Crippen LogP contribution in [0.25, 0.3) is 22.0 Å². The van der Waals surface area contributed by atoms with Gasteiger partial charge in [0.15, 0.2) is 17.3 Å². The number of aromatic amines is 1. The summed E-state index contributed by atoms with van der Waals surface area (Å²) in [5.74, 6) is 1.26. The standard InChI is InChI=1S/C22H23ClN2O3/c1-22(2,3)14-8-6-13(7-9-14)10-16(23)20-24-17-12-19(28-5)18(27-4)11-15(17)21(26)25-20/h6-12H,1-5H3,(H,24,25,26)/b16-10-. The van der Waals surface area contributed by atoms with Gasteiger partial charge in [0.2, 0.25) is 0 Å². The van der Waals surface area contributed by atoms with Crippen LogP contribution in [0.5, 0.6) is 11.5 Å². The third kappa shape index (κ3) is 4.04. The van der Waals surface area contributed by atoms with Crippen molar-refractivity contribution in [2.45, 2.75) is 26.2 Å². The topological polar surface area (TPSA) is 64.2 Å². The Morgan fingerprint density at radius 2 is 1.68 bits per heavy atom. The molecule has 2 aromatic carbocycles. The molecule has 0 amide bonds. The lowest BCUT2D eigenvalue weighted by Gasteiger charge is -2.18. The Hall–Kier alpha value is -2.79. The van der Waals surface area contributed by atoms with E-state index in [1.807, 2.05) is 12.1 Å². The van der Waals surface area contributed by atoms with Gasteiger partial charge in [-0.15, -0.1) is 0 Å². The molecule has 146 valence electrons. The zero-order valence-electron chi connectivity index (χ0n) is 16.6. The van der Waals surface area contributed by atoms with Gasteiger partial charge < -0.3 is 14.5 Å². The van der Waals surface area contributed by atoms with Crippen LogP contribution >= 0.6 is 11.6 Å². The molecule has 1 aromatic heterocycles. The number of nitrogens with one attached hydrogen (secondary N) is 1. The lowest BCUT2D eigenvalue weighted by Crippen LogP contribution is -2.11. The van der Waals surface area contributed by atoms with E-state index in [0.29, 0.717) is 33.3 Å². The van der Waals surface area contributed by atoms with Crippen LogP contribution in [0.2, 0.25) is 0 Å². The molecule has 3 rings (SSSR count). The van der Waals surface area contributed by atoms with Crippen LogP contribution < -0.4 is 15.0 Å². The minimum Gasteiger partial charge on any atom is -0.493 e. The molecule has 3 aromatic rings. The summed E-state index contributed by atoms with van der Waals surface area (Å²) in [4.78, 5) is 19.7. The van der Waals surface area contributed by atoms with Crippen LogP contribution in [-0.2, 0) is 5.41 Å². The first kappa shape index (κ1) is 20.0. The summed E-state index contributed by atoms with van der Waals surface area (Å²) >= 11 is 6.45. The molecular weight excluding hydrogens is 376 g/mol. The molecule has 0 spiro atoms. The van der Waals surface area contributed by atoms with Crippen LogP contribution in [0.4, 0.5) is 0 Å².